The van der Waals surface area contributed by atoms with E-state index in [1.807, 2.05) is 19.1 Å². The molecule has 0 spiro atoms. The van der Waals surface area contributed by atoms with Crippen LogP contribution in [-0.4, -0.2) is 40.7 Å². The van der Waals surface area contributed by atoms with Crippen molar-refractivity contribution in [3.8, 4) is 5.75 Å². The third-order valence-electron chi connectivity index (χ3n) is 3.77. The lowest BCUT2D eigenvalue weighted by atomic mass is 10.1. The molecule has 0 saturated heterocycles. The Balaban J connectivity index is 1.68. The molecule has 146 valence electrons. The highest BCUT2D eigenvalue weighted by atomic mass is 32.2. The molecule has 8 heteroatoms. The van der Waals surface area contributed by atoms with Crippen LogP contribution in [0.4, 0.5) is 5.69 Å². The van der Waals surface area contributed by atoms with E-state index in [0.717, 1.165) is 5.76 Å². The maximum absolute atomic E-state index is 12.0. The SMILES string of the molecule is COc1ccc(NC(=O)C[S@](=O)CC(=O)N[C@H](C)CCc2ccco2)cc1. The van der Waals surface area contributed by atoms with E-state index < -0.39 is 16.7 Å². The molecule has 0 bridgehead atoms. The van der Waals surface area contributed by atoms with E-state index in [4.69, 9.17) is 9.15 Å². The summed E-state index contributed by atoms with van der Waals surface area (Å²) >= 11 is 0. The molecule has 27 heavy (non-hydrogen) atoms. The van der Waals surface area contributed by atoms with Gasteiger partial charge < -0.3 is 19.8 Å². The number of furan rings is 1. The zero-order valence-electron chi connectivity index (χ0n) is 15.4. The summed E-state index contributed by atoms with van der Waals surface area (Å²) in [5.41, 5.74) is 0.578. The minimum absolute atomic E-state index is 0.0762. The molecule has 1 aromatic carbocycles. The number of benzene rings is 1. The van der Waals surface area contributed by atoms with E-state index in [-0.39, 0.29) is 23.5 Å². The van der Waals surface area contributed by atoms with Crippen molar-refractivity contribution in [2.24, 2.45) is 0 Å². The first-order chi connectivity index (χ1) is 13.0. The second-order valence-electron chi connectivity index (χ2n) is 6.09. The van der Waals surface area contributed by atoms with Gasteiger partial charge in [-0.15, -0.1) is 0 Å². The van der Waals surface area contributed by atoms with E-state index in [2.05, 4.69) is 10.6 Å². The largest absolute Gasteiger partial charge is 0.497 e. The Bertz CT molecular complexity index is 759. The van der Waals surface area contributed by atoms with Gasteiger partial charge in [0.05, 0.1) is 13.4 Å². The van der Waals surface area contributed by atoms with E-state index in [1.54, 1.807) is 37.6 Å². The van der Waals surface area contributed by atoms with Crippen molar-refractivity contribution in [2.45, 2.75) is 25.8 Å². The Morgan fingerprint density at radius 3 is 2.48 bits per heavy atom. The number of methoxy groups -OCH3 is 1. The first-order valence-corrected chi connectivity index (χ1v) is 10.1. The standard InChI is InChI=1S/C19H24N2O5S/c1-14(5-8-17-4-3-11-26-17)20-18(22)12-27(24)13-19(23)21-15-6-9-16(25-2)10-7-15/h3-4,6-7,9-11,14H,5,8,12-13H2,1-2H3,(H,20,22)(H,21,23)/t14-,27-/m1/s1. The Labute approximate surface area is 160 Å². The maximum atomic E-state index is 12.0. The van der Waals surface area contributed by atoms with Crippen LogP contribution < -0.4 is 15.4 Å². The van der Waals surface area contributed by atoms with Crippen LogP contribution in [-0.2, 0) is 26.8 Å². The van der Waals surface area contributed by atoms with Crippen molar-refractivity contribution in [3.63, 3.8) is 0 Å². The lowest BCUT2D eigenvalue weighted by molar-refractivity contribution is -0.119. The topological polar surface area (TPSA) is 97.6 Å². The predicted octanol–water partition coefficient (Wildman–Crippen LogP) is 2.11. The van der Waals surface area contributed by atoms with Crippen molar-refractivity contribution in [1.82, 2.24) is 5.32 Å². The number of anilines is 1. The third kappa shape index (κ3) is 7.65. The number of carbonyl (C=O) groups is 2. The summed E-state index contributed by atoms with van der Waals surface area (Å²) in [6.45, 7) is 1.88. The fraction of sp³-hybridized carbons (Fsp3) is 0.368. The summed E-state index contributed by atoms with van der Waals surface area (Å²) in [6.07, 6.45) is 3.03. The second-order valence-corrected chi connectivity index (χ2v) is 7.55. The highest BCUT2D eigenvalue weighted by molar-refractivity contribution is 7.86. The van der Waals surface area contributed by atoms with Gasteiger partial charge in [0.1, 0.15) is 23.0 Å². The third-order valence-corrected chi connectivity index (χ3v) is 4.94. The summed E-state index contributed by atoms with van der Waals surface area (Å²) in [5.74, 6) is 0.348. The van der Waals surface area contributed by atoms with Crippen LogP contribution in [0, 0.1) is 0 Å². The number of hydrogen-bond donors (Lipinski definition) is 2. The average Bonchev–Trinajstić information content (AvgIpc) is 3.13. The van der Waals surface area contributed by atoms with Crippen LogP contribution >= 0.6 is 0 Å². The van der Waals surface area contributed by atoms with Gasteiger partial charge in [0.15, 0.2) is 0 Å². The highest BCUT2D eigenvalue weighted by Crippen LogP contribution is 2.14. The van der Waals surface area contributed by atoms with Gasteiger partial charge in [-0.05, 0) is 49.7 Å². The average molecular weight is 392 g/mol. The highest BCUT2D eigenvalue weighted by Gasteiger charge is 2.15. The quantitative estimate of drug-likeness (QED) is 0.645. The smallest absolute Gasteiger partial charge is 0.237 e. The van der Waals surface area contributed by atoms with Gasteiger partial charge >= 0.3 is 0 Å². The number of nitrogens with one attached hydrogen (secondary N) is 2. The molecule has 0 fully saturated rings. The van der Waals surface area contributed by atoms with Crippen molar-refractivity contribution < 1.29 is 23.0 Å². The molecule has 0 aliphatic carbocycles. The minimum atomic E-state index is -1.58. The van der Waals surface area contributed by atoms with Crippen LogP contribution in [0.15, 0.2) is 47.1 Å². The molecule has 0 aliphatic heterocycles. The molecule has 0 radical (unpaired) electrons. The van der Waals surface area contributed by atoms with Crippen molar-refractivity contribution in [2.75, 3.05) is 23.9 Å². The molecule has 0 aliphatic rings. The number of ether oxygens (including phenoxy) is 1. The lowest BCUT2D eigenvalue weighted by Gasteiger charge is -2.13. The molecular weight excluding hydrogens is 368 g/mol. The van der Waals surface area contributed by atoms with Crippen LogP contribution in [0.1, 0.15) is 19.1 Å². The van der Waals surface area contributed by atoms with Crippen LogP contribution in [0.5, 0.6) is 5.75 Å². The van der Waals surface area contributed by atoms with Crippen molar-refractivity contribution in [1.29, 1.82) is 0 Å². The molecule has 7 nitrogen and oxygen atoms in total. The molecule has 2 aromatic rings. The monoisotopic (exact) mass is 392 g/mol. The fourth-order valence-electron chi connectivity index (χ4n) is 2.42. The van der Waals surface area contributed by atoms with E-state index in [1.165, 1.54) is 0 Å². The Hall–Kier alpha value is -2.61. The molecule has 1 heterocycles. The molecule has 1 aromatic heterocycles. The summed E-state index contributed by atoms with van der Waals surface area (Å²) in [4.78, 5) is 23.9. The minimum Gasteiger partial charge on any atom is -0.497 e. The summed E-state index contributed by atoms with van der Waals surface area (Å²) in [5, 5.41) is 5.43. The summed E-state index contributed by atoms with van der Waals surface area (Å²) in [7, 11) is -0.0219. The summed E-state index contributed by atoms with van der Waals surface area (Å²) < 4.78 is 22.3. The first kappa shape index (κ1) is 20.7. The maximum Gasteiger partial charge on any atom is 0.237 e. The van der Waals surface area contributed by atoms with Crippen LogP contribution in [0.3, 0.4) is 0 Å². The number of aryl methyl sites for hydroxylation is 1. The van der Waals surface area contributed by atoms with Gasteiger partial charge in [-0.1, -0.05) is 0 Å². The van der Waals surface area contributed by atoms with Gasteiger partial charge in [-0.3, -0.25) is 13.8 Å². The van der Waals surface area contributed by atoms with Gasteiger partial charge in [-0.25, -0.2) is 0 Å². The van der Waals surface area contributed by atoms with Crippen LogP contribution in [0.2, 0.25) is 0 Å². The number of hydrogen-bond acceptors (Lipinski definition) is 5. The second kappa shape index (κ2) is 10.5. The van der Waals surface area contributed by atoms with Gasteiger partial charge in [-0.2, -0.15) is 0 Å². The lowest BCUT2D eigenvalue weighted by Crippen LogP contribution is -2.37. The van der Waals surface area contributed by atoms with Gasteiger partial charge in [0.25, 0.3) is 0 Å². The summed E-state index contributed by atoms with van der Waals surface area (Å²) in [6, 6.07) is 10.4. The normalized spacial score (nSPS) is 12.8. The van der Waals surface area contributed by atoms with Gasteiger partial charge in [0.2, 0.25) is 11.8 Å². The zero-order valence-corrected chi connectivity index (χ0v) is 16.2. The molecule has 2 rings (SSSR count). The molecule has 2 amide bonds. The first-order valence-electron chi connectivity index (χ1n) is 8.57. The molecular formula is C19H24N2O5S. The molecule has 2 atom stereocenters. The Kier molecular flexibility index (Phi) is 8.06. The zero-order chi connectivity index (χ0) is 19.6. The van der Waals surface area contributed by atoms with Crippen molar-refractivity contribution in [3.05, 3.63) is 48.4 Å². The van der Waals surface area contributed by atoms with E-state index in [0.29, 0.717) is 24.3 Å². The number of rotatable bonds is 10. The molecule has 2 N–H and O–H groups in total. The molecule has 0 unspecified atom stereocenters. The fourth-order valence-corrected chi connectivity index (χ4v) is 3.26. The van der Waals surface area contributed by atoms with Gasteiger partial charge in [0, 0.05) is 28.9 Å². The number of amides is 2. The number of carbonyl (C=O) groups excluding carboxylic acids is 2. The predicted molar refractivity (Wildman–Crippen MR) is 104 cm³/mol. The van der Waals surface area contributed by atoms with E-state index in [9.17, 15) is 13.8 Å². The Morgan fingerprint density at radius 1 is 1.15 bits per heavy atom. The van der Waals surface area contributed by atoms with Crippen molar-refractivity contribution >= 4 is 28.3 Å². The molecule has 0 saturated carbocycles. The Morgan fingerprint density at radius 2 is 1.85 bits per heavy atom. The van der Waals surface area contributed by atoms with E-state index >= 15 is 0 Å². The van der Waals surface area contributed by atoms with Crippen LogP contribution in [0.25, 0.3) is 0 Å².